The summed E-state index contributed by atoms with van der Waals surface area (Å²) in [5.74, 6) is -0.946. The van der Waals surface area contributed by atoms with Gasteiger partial charge in [-0.1, -0.05) is 43.4 Å². The number of nitrogens with zero attached hydrogens (tertiary/aromatic N) is 2. The van der Waals surface area contributed by atoms with Gasteiger partial charge in [0.25, 0.3) is 5.78 Å². The second-order valence-electron chi connectivity index (χ2n) is 9.97. The van der Waals surface area contributed by atoms with E-state index in [4.69, 9.17) is 18.9 Å². The van der Waals surface area contributed by atoms with Gasteiger partial charge in [-0.25, -0.2) is 9.78 Å². The van der Waals surface area contributed by atoms with Gasteiger partial charge in [-0.3, -0.25) is 14.5 Å². The fourth-order valence-corrected chi connectivity index (χ4v) is 5.51. The lowest BCUT2D eigenvalue weighted by Gasteiger charge is -2.24. The Bertz CT molecular complexity index is 1530. The van der Waals surface area contributed by atoms with Gasteiger partial charge < -0.3 is 24.1 Å². The van der Waals surface area contributed by atoms with Gasteiger partial charge in [0.05, 0.1) is 44.7 Å². The third-order valence-corrected chi connectivity index (χ3v) is 7.83. The van der Waals surface area contributed by atoms with Crippen LogP contribution in [0.2, 0.25) is 0 Å². The Morgan fingerprint density at radius 1 is 1.10 bits per heavy atom. The van der Waals surface area contributed by atoms with Gasteiger partial charge in [-0.15, -0.1) is 0 Å². The van der Waals surface area contributed by atoms with Gasteiger partial charge in [0.15, 0.2) is 16.6 Å². The molecule has 1 unspecified atom stereocenters. The Balaban J connectivity index is 1.89. The van der Waals surface area contributed by atoms with Crippen molar-refractivity contribution in [3.05, 3.63) is 69.7 Å². The maximum Gasteiger partial charge on any atom is 0.350 e. The molecule has 2 heterocycles. The van der Waals surface area contributed by atoms with Gasteiger partial charge >= 0.3 is 11.9 Å². The molecular formula is C31H34N2O8S. The summed E-state index contributed by atoms with van der Waals surface area (Å²) in [6.07, 6.45) is 0.845. The number of aromatic nitrogens is 1. The summed E-state index contributed by atoms with van der Waals surface area (Å²) in [5.41, 5.74) is 0.973. The molecule has 42 heavy (non-hydrogen) atoms. The molecule has 0 bridgehead atoms. The number of aryl methyl sites for hydroxylation is 1. The summed E-state index contributed by atoms with van der Waals surface area (Å²) < 4.78 is 22.0. The third kappa shape index (κ3) is 6.11. The van der Waals surface area contributed by atoms with E-state index in [1.165, 1.54) is 19.1 Å². The molecule has 1 N–H and O–H groups in total. The predicted octanol–water partition coefficient (Wildman–Crippen LogP) is 5.70. The number of ether oxygens (including phenoxy) is 4. The molecule has 0 aliphatic carbocycles. The van der Waals surface area contributed by atoms with Crippen LogP contribution in [0.4, 0.5) is 5.13 Å². The van der Waals surface area contributed by atoms with E-state index in [9.17, 15) is 19.5 Å². The van der Waals surface area contributed by atoms with Crippen LogP contribution in [0.1, 0.15) is 59.7 Å². The number of carbonyl (C=O) groups is 3. The molecule has 4 rings (SSSR count). The van der Waals surface area contributed by atoms with Crippen molar-refractivity contribution in [3.8, 4) is 17.2 Å². The smallest absolute Gasteiger partial charge is 0.350 e. The highest BCUT2D eigenvalue weighted by Crippen LogP contribution is 2.45. The zero-order valence-electron chi connectivity index (χ0n) is 24.4. The van der Waals surface area contributed by atoms with Crippen molar-refractivity contribution in [1.29, 1.82) is 0 Å². The minimum absolute atomic E-state index is 0.114. The second kappa shape index (κ2) is 13.1. The topological polar surface area (TPSA) is 124 Å². The van der Waals surface area contributed by atoms with Gasteiger partial charge in [0.2, 0.25) is 0 Å². The van der Waals surface area contributed by atoms with Crippen LogP contribution in [-0.2, 0) is 14.3 Å². The van der Waals surface area contributed by atoms with Crippen LogP contribution in [0.5, 0.6) is 17.2 Å². The first-order valence-electron chi connectivity index (χ1n) is 13.5. The maximum atomic E-state index is 13.6. The zero-order valence-corrected chi connectivity index (χ0v) is 25.2. The Hall–Kier alpha value is -4.38. The SMILES string of the molecule is CCOC(=O)c1sc(N2C(=O)C(=O)/C(=C(/O)c3cccc(OC)c3)C2c2ccc(OCCC(C)C)c(OC)c2)nc1C. The first-order chi connectivity index (χ1) is 20.1. The molecule has 1 aliphatic heterocycles. The van der Waals surface area contributed by atoms with E-state index in [1.807, 2.05) is 0 Å². The number of benzene rings is 2. The van der Waals surface area contributed by atoms with Crippen LogP contribution in [0.25, 0.3) is 5.76 Å². The number of anilines is 1. The van der Waals surface area contributed by atoms with Crippen LogP contribution in [0.15, 0.2) is 48.0 Å². The first-order valence-corrected chi connectivity index (χ1v) is 14.3. The summed E-state index contributed by atoms with van der Waals surface area (Å²) in [6, 6.07) is 10.5. The van der Waals surface area contributed by atoms with Crippen molar-refractivity contribution in [2.75, 3.05) is 32.3 Å². The normalized spacial score (nSPS) is 16.2. The molecular weight excluding hydrogens is 560 g/mol. The second-order valence-corrected chi connectivity index (χ2v) is 11.0. The van der Waals surface area contributed by atoms with E-state index in [1.54, 1.807) is 56.3 Å². The molecule has 2 aromatic carbocycles. The molecule has 1 fully saturated rings. The van der Waals surface area contributed by atoms with E-state index in [0.717, 1.165) is 17.8 Å². The third-order valence-electron chi connectivity index (χ3n) is 6.70. The number of hydrogen-bond acceptors (Lipinski definition) is 10. The highest BCUT2D eigenvalue weighted by atomic mass is 32.1. The van der Waals surface area contributed by atoms with Crippen molar-refractivity contribution in [3.63, 3.8) is 0 Å². The van der Waals surface area contributed by atoms with E-state index in [0.29, 0.717) is 46.6 Å². The highest BCUT2D eigenvalue weighted by molar-refractivity contribution is 7.17. The molecule has 3 aromatic rings. The minimum atomic E-state index is -1.09. The molecule has 1 aromatic heterocycles. The predicted molar refractivity (Wildman–Crippen MR) is 159 cm³/mol. The van der Waals surface area contributed by atoms with Gasteiger partial charge in [0, 0.05) is 5.56 Å². The van der Waals surface area contributed by atoms with Gasteiger partial charge in [-0.2, -0.15) is 0 Å². The number of aliphatic hydroxyl groups is 1. The zero-order chi connectivity index (χ0) is 30.6. The Labute approximate surface area is 248 Å². The molecule has 1 saturated heterocycles. The fraction of sp³-hybridized carbons (Fsp3) is 0.355. The number of esters is 1. The highest BCUT2D eigenvalue weighted by Gasteiger charge is 2.48. The largest absolute Gasteiger partial charge is 0.507 e. The number of hydrogen-bond donors (Lipinski definition) is 1. The molecule has 0 saturated carbocycles. The van der Waals surface area contributed by atoms with Gasteiger partial charge in [-0.05, 0) is 56.0 Å². The molecule has 10 nitrogen and oxygen atoms in total. The lowest BCUT2D eigenvalue weighted by atomic mass is 9.95. The summed E-state index contributed by atoms with van der Waals surface area (Å²) in [4.78, 5) is 45.6. The first kappa shape index (κ1) is 30.6. The molecule has 0 spiro atoms. The average Bonchev–Trinajstić information content (AvgIpc) is 3.49. The molecule has 1 aliphatic rings. The monoisotopic (exact) mass is 594 g/mol. The van der Waals surface area contributed by atoms with E-state index in [-0.39, 0.29) is 27.9 Å². The molecule has 0 radical (unpaired) electrons. The van der Waals surface area contributed by atoms with Crippen molar-refractivity contribution >= 4 is 39.9 Å². The van der Waals surface area contributed by atoms with Gasteiger partial charge in [0.1, 0.15) is 16.4 Å². The Morgan fingerprint density at radius 3 is 2.52 bits per heavy atom. The number of thiazole rings is 1. The van der Waals surface area contributed by atoms with Crippen molar-refractivity contribution in [2.24, 2.45) is 5.92 Å². The summed E-state index contributed by atoms with van der Waals surface area (Å²) in [5, 5.41) is 11.6. The maximum absolute atomic E-state index is 13.6. The number of Topliss-reactive ketones (excluding diaryl/α,β-unsaturated/α-hetero) is 1. The summed E-state index contributed by atoms with van der Waals surface area (Å²) in [7, 11) is 2.98. The lowest BCUT2D eigenvalue weighted by molar-refractivity contribution is -0.132. The van der Waals surface area contributed by atoms with Crippen LogP contribution in [0.3, 0.4) is 0 Å². The van der Waals surface area contributed by atoms with Crippen LogP contribution in [-0.4, -0.2) is 55.2 Å². The number of amides is 1. The molecule has 1 atom stereocenters. The van der Waals surface area contributed by atoms with Crippen molar-refractivity contribution < 1.29 is 38.4 Å². The van der Waals surface area contributed by atoms with Crippen molar-refractivity contribution in [1.82, 2.24) is 4.98 Å². The summed E-state index contributed by atoms with van der Waals surface area (Å²) >= 11 is 0.939. The van der Waals surface area contributed by atoms with Crippen molar-refractivity contribution in [2.45, 2.75) is 40.2 Å². The quantitative estimate of drug-likeness (QED) is 0.129. The summed E-state index contributed by atoms with van der Waals surface area (Å²) in [6.45, 7) is 8.17. The van der Waals surface area contributed by atoms with Crippen LogP contribution in [0, 0.1) is 12.8 Å². The standard InChI is InChI=1S/C31H34N2O8S/c1-7-40-30(37)28-18(4)32-31(42-28)33-25(19-11-12-22(23(16-19)39-6)41-14-13-17(2)3)24(27(35)29(33)36)26(34)20-9-8-10-21(15-20)38-5/h8-12,15-17,25,34H,7,13-14H2,1-6H3/b26-24+. The minimum Gasteiger partial charge on any atom is -0.507 e. The number of ketones is 1. The average molecular weight is 595 g/mol. The van der Waals surface area contributed by atoms with Crippen LogP contribution >= 0.6 is 11.3 Å². The fourth-order valence-electron chi connectivity index (χ4n) is 4.52. The Morgan fingerprint density at radius 2 is 1.86 bits per heavy atom. The Kier molecular flexibility index (Phi) is 9.52. The van der Waals surface area contributed by atoms with E-state index >= 15 is 0 Å². The lowest BCUT2D eigenvalue weighted by Crippen LogP contribution is -2.29. The number of carbonyl (C=O) groups excluding carboxylic acids is 3. The van der Waals surface area contributed by atoms with E-state index < -0.39 is 23.7 Å². The molecule has 1 amide bonds. The number of aliphatic hydroxyl groups excluding tert-OH is 1. The molecule has 11 heteroatoms. The molecule has 222 valence electrons. The number of rotatable bonds is 11. The van der Waals surface area contributed by atoms with E-state index in [2.05, 4.69) is 18.8 Å². The number of methoxy groups -OCH3 is 2. The van der Waals surface area contributed by atoms with Crippen LogP contribution < -0.4 is 19.1 Å².